The first-order chi connectivity index (χ1) is 13.3. The van der Waals surface area contributed by atoms with Crippen LogP contribution < -0.4 is 4.90 Å². The summed E-state index contributed by atoms with van der Waals surface area (Å²) in [7, 11) is 0. The predicted molar refractivity (Wildman–Crippen MR) is 103 cm³/mol. The molecule has 0 bridgehead atoms. The van der Waals surface area contributed by atoms with Crippen molar-refractivity contribution in [1.29, 1.82) is 0 Å². The van der Waals surface area contributed by atoms with Gasteiger partial charge < -0.3 is 4.90 Å². The number of fused-ring (bicyclic) bond motifs is 2. The number of hydrogen-bond acceptors (Lipinski definition) is 4. The lowest BCUT2D eigenvalue weighted by Crippen LogP contribution is -2.32. The molecule has 5 rings (SSSR count). The van der Waals surface area contributed by atoms with Gasteiger partial charge >= 0.3 is 0 Å². The van der Waals surface area contributed by atoms with Gasteiger partial charge in [-0.15, -0.1) is 5.10 Å². The summed E-state index contributed by atoms with van der Waals surface area (Å²) in [6.07, 6.45) is 4.44. The van der Waals surface area contributed by atoms with Gasteiger partial charge in [-0.05, 0) is 59.5 Å². The van der Waals surface area contributed by atoms with Crippen LogP contribution in [0.4, 0.5) is 5.69 Å². The zero-order chi connectivity index (χ0) is 18.2. The second-order valence-electron chi connectivity index (χ2n) is 6.61. The largest absolute Gasteiger partial charge is 0.310 e. The Morgan fingerprint density at radius 3 is 2.74 bits per heavy atom. The molecular formula is C21H17N5O. The van der Waals surface area contributed by atoms with E-state index in [1.807, 2.05) is 47.4 Å². The molecule has 0 aliphatic carbocycles. The van der Waals surface area contributed by atoms with Crippen molar-refractivity contribution in [2.24, 2.45) is 0 Å². The average Bonchev–Trinajstić information content (AvgIpc) is 3.32. The first kappa shape index (κ1) is 15.7. The Hall–Kier alpha value is -3.54. The van der Waals surface area contributed by atoms with E-state index in [1.54, 1.807) is 17.1 Å². The van der Waals surface area contributed by atoms with Crippen LogP contribution in [0.25, 0.3) is 22.2 Å². The third kappa shape index (κ3) is 2.75. The van der Waals surface area contributed by atoms with Crippen LogP contribution in [0.5, 0.6) is 0 Å². The molecule has 6 nitrogen and oxygen atoms in total. The predicted octanol–water partition coefficient (Wildman–Crippen LogP) is 3.08. The van der Waals surface area contributed by atoms with Crippen LogP contribution in [0.3, 0.4) is 0 Å². The molecule has 3 heterocycles. The van der Waals surface area contributed by atoms with Crippen molar-refractivity contribution in [3.05, 3.63) is 72.6 Å². The van der Waals surface area contributed by atoms with E-state index in [1.165, 1.54) is 5.56 Å². The smallest absolute Gasteiger partial charge is 0.248 e. The molecule has 0 spiro atoms. The minimum Gasteiger partial charge on any atom is -0.310 e. The Kier molecular flexibility index (Phi) is 3.67. The van der Waals surface area contributed by atoms with Gasteiger partial charge in [0.05, 0.1) is 5.52 Å². The second-order valence-corrected chi connectivity index (χ2v) is 6.61. The maximum absolute atomic E-state index is 12.9. The van der Waals surface area contributed by atoms with Crippen molar-refractivity contribution >= 4 is 22.6 Å². The zero-order valence-electron chi connectivity index (χ0n) is 14.6. The SMILES string of the molecule is O=C(Cn1nnc2ccccc21)N1CCc2cc(-c3ccncc3)ccc21. The van der Waals surface area contributed by atoms with Gasteiger partial charge in [0.1, 0.15) is 12.1 Å². The molecule has 0 saturated carbocycles. The number of amides is 1. The van der Waals surface area contributed by atoms with Crippen molar-refractivity contribution in [1.82, 2.24) is 20.0 Å². The van der Waals surface area contributed by atoms with Crippen molar-refractivity contribution in [3.63, 3.8) is 0 Å². The number of para-hydroxylation sites is 1. The highest BCUT2D eigenvalue weighted by molar-refractivity contribution is 5.96. The van der Waals surface area contributed by atoms with Crippen molar-refractivity contribution in [2.75, 3.05) is 11.4 Å². The number of rotatable bonds is 3. The lowest BCUT2D eigenvalue weighted by atomic mass is 10.0. The van der Waals surface area contributed by atoms with Crippen LogP contribution >= 0.6 is 0 Å². The molecule has 0 atom stereocenters. The van der Waals surface area contributed by atoms with E-state index in [0.717, 1.165) is 34.3 Å². The molecule has 1 aliphatic rings. The molecule has 1 aliphatic heterocycles. The van der Waals surface area contributed by atoms with Crippen LogP contribution in [-0.4, -0.2) is 32.4 Å². The maximum atomic E-state index is 12.9. The van der Waals surface area contributed by atoms with Gasteiger partial charge in [-0.25, -0.2) is 4.68 Å². The Morgan fingerprint density at radius 2 is 1.85 bits per heavy atom. The second kappa shape index (κ2) is 6.32. The lowest BCUT2D eigenvalue weighted by Gasteiger charge is -2.17. The summed E-state index contributed by atoms with van der Waals surface area (Å²) in [5.41, 5.74) is 6.13. The molecule has 1 amide bonds. The highest BCUT2D eigenvalue weighted by atomic mass is 16.2. The van der Waals surface area contributed by atoms with Gasteiger partial charge in [0.25, 0.3) is 0 Å². The molecule has 27 heavy (non-hydrogen) atoms. The fraction of sp³-hybridized carbons (Fsp3) is 0.143. The third-order valence-corrected chi connectivity index (χ3v) is 5.00. The molecule has 132 valence electrons. The molecule has 4 aromatic rings. The number of carbonyl (C=O) groups is 1. The van der Waals surface area contributed by atoms with E-state index in [9.17, 15) is 4.79 Å². The van der Waals surface area contributed by atoms with Gasteiger partial charge in [0.15, 0.2) is 0 Å². The molecule has 0 N–H and O–H groups in total. The molecule has 0 saturated heterocycles. The fourth-order valence-corrected chi connectivity index (χ4v) is 3.63. The first-order valence-corrected chi connectivity index (χ1v) is 8.91. The number of aromatic nitrogens is 4. The number of carbonyl (C=O) groups excluding carboxylic acids is 1. The molecule has 0 unspecified atom stereocenters. The Morgan fingerprint density at radius 1 is 1.00 bits per heavy atom. The average molecular weight is 355 g/mol. The molecule has 2 aromatic heterocycles. The molecular weight excluding hydrogens is 338 g/mol. The van der Waals surface area contributed by atoms with E-state index in [4.69, 9.17) is 0 Å². The van der Waals surface area contributed by atoms with E-state index < -0.39 is 0 Å². The van der Waals surface area contributed by atoms with Crippen LogP contribution in [0.1, 0.15) is 5.56 Å². The Labute approximate surface area is 156 Å². The molecule has 0 fully saturated rings. The number of benzene rings is 2. The first-order valence-electron chi connectivity index (χ1n) is 8.91. The van der Waals surface area contributed by atoms with E-state index in [-0.39, 0.29) is 12.5 Å². The Bertz CT molecular complexity index is 1140. The van der Waals surface area contributed by atoms with E-state index in [0.29, 0.717) is 6.54 Å². The van der Waals surface area contributed by atoms with Gasteiger partial charge in [0, 0.05) is 24.6 Å². The summed E-state index contributed by atoms with van der Waals surface area (Å²) < 4.78 is 1.67. The summed E-state index contributed by atoms with van der Waals surface area (Å²) in [5.74, 6) is 0.0288. The topological polar surface area (TPSA) is 63.9 Å². The Balaban J connectivity index is 1.41. The fourth-order valence-electron chi connectivity index (χ4n) is 3.63. The van der Waals surface area contributed by atoms with Crippen LogP contribution in [0.2, 0.25) is 0 Å². The number of nitrogens with zero attached hydrogens (tertiary/aromatic N) is 5. The molecule has 0 radical (unpaired) electrons. The minimum atomic E-state index is 0.0288. The third-order valence-electron chi connectivity index (χ3n) is 5.00. The van der Waals surface area contributed by atoms with Crippen LogP contribution in [0, 0.1) is 0 Å². The zero-order valence-corrected chi connectivity index (χ0v) is 14.6. The summed E-state index contributed by atoms with van der Waals surface area (Å²) in [6.45, 7) is 0.882. The number of pyridine rings is 1. The standard InChI is InChI=1S/C21H17N5O/c27-21(14-26-20-4-2-1-3-18(20)23-24-26)25-12-9-17-13-16(5-6-19(17)25)15-7-10-22-11-8-15/h1-8,10-11,13H,9,12,14H2. The quantitative estimate of drug-likeness (QED) is 0.566. The van der Waals surface area contributed by atoms with Crippen molar-refractivity contribution in [3.8, 4) is 11.1 Å². The van der Waals surface area contributed by atoms with Gasteiger partial charge in [-0.3, -0.25) is 9.78 Å². The van der Waals surface area contributed by atoms with Crippen LogP contribution in [0.15, 0.2) is 67.0 Å². The normalized spacial score (nSPS) is 13.1. The van der Waals surface area contributed by atoms with Gasteiger partial charge in [0.2, 0.25) is 5.91 Å². The summed E-state index contributed by atoms with van der Waals surface area (Å²) in [6, 6.07) is 17.9. The van der Waals surface area contributed by atoms with Crippen molar-refractivity contribution < 1.29 is 4.79 Å². The van der Waals surface area contributed by atoms with Gasteiger partial charge in [-0.2, -0.15) is 0 Å². The van der Waals surface area contributed by atoms with E-state index >= 15 is 0 Å². The maximum Gasteiger partial charge on any atom is 0.248 e. The molecule has 2 aromatic carbocycles. The monoisotopic (exact) mass is 355 g/mol. The number of hydrogen-bond donors (Lipinski definition) is 0. The van der Waals surface area contributed by atoms with E-state index in [2.05, 4.69) is 27.4 Å². The summed E-state index contributed by atoms with van der Waals surface area (Å²) >= 11 is 0. The van der Waals surface area contributed by atoms with Crippen LogP contribution in [-0.2, 0) is 17.8 Å². The summed E-state index contributed by atoms with van der Waals surface area (Å²) in [4.78, 5) is 18.8. The van der Waals surface area contributed by atoms with Gasteiger partial charge in [-0.1, -0.05) is 23.4 Å². The minimum absolute atomic E-state index is 0.0288. The highest BCUT2D eigenvalue weighted by Gasteiger charge is 2.25. The highest BCUT2D eigenvalue weighted by Crippen LogP contribution is 2.32. The van der Waals surface area contributed by atoms with Crippen molar-refractivity contribution in [2.45, 2.75) is 13.0 Å². The lowest BCUT2D eigenvalue weighted by molar-refractivity contribution is -0.119. The summed E-state index contributed by atoms with van der Waals surface area (Å²) in [5, 5.41) is 8.25. The number of anilines is 1. The molecule has 6 heteroatoms.